The lowest BCUT2D eigenvalue weighted by Crippen LogP contribution is -2.31. The molecule has 29 heavy (non-hydrogen) atoms. The van der Waals surface area contributed by atoms with Gasteiger partial charge in [0.25, 0.3) is 5.91 Å². The molecule has 1 amide bonds. The van der Waals surface area contributed by atoms with Gasteiger partial charge in [0.05, 0.1) is 13.2 Å². The number of anilines is 1. The molecule has 154 valence electrons. The first kappa shape index (κ1) is 18.6. The molecule has 1 spiro atoms. The van der Waals surface area contributed by atoms with Gasteiger partial charge in [0, 0.05) is 37.4 Å². The fourth-order valence-corrected chi connectivity index (χ4v) is 5.53. The molecule has 1 atom stereocenters. The Balaban J connectivity index is 1.52. The van der Waals surface area contributed by atoms with E-state index < -0.39 is 0 Å². The molecule has 5 rings (SSSR count). The van der Waals surface area contributed by atoms with Gasteiger partial charge >= 0.3 is 0 Å². The van der Waals surface area contributed by atoms with Crippen LogP contribution in [0.3, 0.4) is 0 Å². The van der Waals surface area contributed by atoms with Crippen LogP contribution >= 0.6 is 0 Å². The van der Waals surface area contributed by atoms with Crippen molar-refractivity contribution in [3.05, 3.63) is 29.3 Å². The lowest BCUT2D eigenvalue weighted by molar-refractivity contribution is 0.0966. The molecule has 1 unspecified atom stereocenters. The van der Waals surface area contributed by atoms with Gasteiger partial charge in [0.2, 0.25) is 5.95 Å². The Hall–Kier alpha value is -2.41. The maximum Gasteiger partial charge on any atom is 0.251 e. The highest BCUT2D eigenvalue weighted by Gasteiger charge is 2.45. The summed E-state index contributed by atoms with van der Waals surface area (Å²) in [5, 5.41) is 12.1. The van der Waals surface area contributed by atoms with Gasteiger partial charge in [0.1, 0.15) is 0 Å². The van der Waals surface area contributed by atoms with Crippen LogP contribution in [0.5, 0.6) is 0 Å². The third kappa shape index (κ3) is 3.12. The standard InChI is InChI=1S/C22H29N5O2/c1-15-12-22(7-3-4-8-22)14-27(15)21-25-24-19(26(21)9-10-29-2)16-5-6-17-13-23-20(28)18(17)11-16/h5-6,11,15H,3-4,7-10,12-14H2,1-2H3,(H,23,28). The van der Waals surface area contributed by atoms with Crippen LogP contribution in [0.25, 0.3) is 11.4 Å². The number of benzene rings is 1. The number of carbonyl (C=O) groups excluding carboxylic acids is 1. The lowest BCUT2D eigenvalue weighted by atomic mass is 9.84. The third-order valence-electron chi connectivity index (χ3n) is 6.99. The molecule has 2 aromatic rings. The van der Waals surface area contributed by atoms with Crippen molar-refractivity contribution in [2.75, 3.05) is 25.2 Å². The Morgan fingerprint density at radius 3 is 2.90 bits per heavy atom. The fraction of sp³-hybridized carbons (Fsp3) is 0.591. The van der Waals surface area contributed by atoms with Gasteiger partial charge in [-0.3, -0.25) is 9.36 Å². The first-order chi connectivity index (χ1) is 14.1. The minimum atomic E-state index is -0.0126. The molecule has 1 aromatic carbocycles. The van der Waals surface area contributed by atoms with Crippen LogP contribution in [0.15, 0.2) is 18.2 Å². The predicted octanol–water partition coefficient (Wildman–Crippen LogP) is 2.99. The van der Waals surface area contributed by atoms with Crippen molar-refractivity contribution in [1.82, 2.24) is 20.1 Å². The normalized spacial score (nSPS) is 22.5. The van der Waals surface area contributed by atoms with E-state index in [1.54, 1.807) is 7.11 Å². The first-order valence-corrected chi connectivity index (χ1v) is 10.7. The highest BCUT2D eigenvalue weighted by atomic mass is 16.5. The van der Waals surface area contributed by atoms with Gasteiger partial charge in [-0.1, -0.05) is 25.0 Å². The second-order valence-electron chi connectivity index (χ2n) is 8.91. The summed E-state index contributed by atoms with van der Waals surface area (Å²) in [5.74, 6) is 1.72. The van der Waals surface area contributed by atoms with Crippen molar-refractivity contribution >= 4 is 11.9 Å². The molecule has 1 saturated carbocycles. The first-order valence-electron chi connectivity index (χ1n) is 10.7. The van der Waals surface area contributed by atoms with Gasteiger partial charge in [-0.25, -0.2) is 0 Å². The summed E-state index contributed by atoms with van der Waals surface area (Å²) < 4.78 is 7.55. The van der Waals surface area contributed by atoms with Gasteiger partial charge in [-0.2, -0.15) is 0 Å². The molecule has 1 saturated heterocycles. The van der Waals surface area contributed by atoms with Crippen LogP contribution < -0.4 is 10.2 Å². The topological polar surface area (TPSA) is 72.3 Å². The zero-order valence-electron chi connectivity index (χ0n) is 17.3. The van der Waals surface area contributed by atoms with Gasteiger partial charge in [-0.05, 0) is 43.2 Å². The van der Waals surface area contributed by atoms with E-state index in [1.165, 1.54) is 32.1 Å². The Morgan fingerprint density at radius 2 is 2.10 bits per heavy atom. The number of carbonyl (C=O) groups is 1. The molecule has 1 aromatic heterocycles. The number of ether oxygens (including phenoxy) is 1. The van der Waals surface area contributed by atoms with E-state index in [-0.39, 0.29) is 5.91 Å². The summed E-state index contributed by atoms with van der Waals surface area (Å²) in [7, 11) is 1.72. The second kappa shape index (κ2) is 7.13. The summed E-state index contributed by atoms with van der Waals surface area (Å²) in [6.45, 7) is 5.25. The van der Waals surface area contributed by atoms with Crippen LogP contribution in [-0.4, -0.2) is 47.0 Å². The maximum atomic E-state index is 12.1. The summed E-state index contributed by atoms with van der Waals surface area (Å²) in [6.07, 6.45) is 6.58. The van der Waals surface area contributed by atoms with Crippen LogP contribution in [0.2, 0.25) is 0 Å². The molecule has 2 aliphatic heterocycles. The molecular formula is C22H29N5O2. The minimum Gasteiger partial charge on any atom is -0.383 e. The summed E-state index contributed by atoms with van der Waals surface area (Å²) in [4.78, 5) is 14.6. The molecule has 1 aliphatic carbocycles. The van der Waals surface area contributed by atoms with E-state index in [0.29, 0.717) is 31.2 Å². The molecule has 2 fully saturated rings. The fourth-order valence-electron chi connectivity index (χ4n) is 5.53. The highest BCUT2D eigenvalue weighted by molar-refractivity contribution is 5.99. The minimum absolute atomic E-state index is 0.0126. The lowest BCUT2D eigenvalue weighted by Gasteiger charge is -2.25. The van der Waals surface area contributed by atoms with Crippen molar-refractivity contribution in [3.8, 4) is 11.4 Å². The second-order valence-corrected chi connectivity index (χ2v) is 8.91. The number of hydrogen-bond donors (Lipinski definition) is 1. The summed E-state index contributed by atoms with van der Waals surface area (Å²) in [5.41, 5.74) is 3.16. The molecule has 1 N–H and O–H groups in total. The van der Waals surface area contributed by atoms with Crippen molar-refractivity contribution in [2.24, 2.45) is 5.41 Å². The van der Waals surface area contributed by atoms with E-state index >= 15 is 0 Å². The van der Waals surface area contributed by atoms with Crippen molar-refractivity contribution in [3.63, 3.8) is 0 Å². The molecule has 3 heterocycles. The van der Waals surface area contributed by atoms with Gasteiger partial charge < -0.3 is 15.0 Å². The monoisotopic (exact) mass is 395 g/mol. The van der Waals surface area contributed by atoms with Crippen LogP contribution in [0.4, 0.5) is 5.95 Å². The van der Waals surface area contributed by atoms with E-state index in [2.05, 4.69) is 31.9 Å². The van der Waals surface area contributed by atoms with E-state index in [1.807, 2.05) is 18.2 Å². The predicted molar refractivity (Wildman–Crippen MR) is 111 cm³/mol. The van der Waals surface area contributed by atoms with Gasteiger partial charge in [0.15, 0.2) is 5.82 Å². The molecule has 7 heteroatoms. The number of aromatic nitrogens is 3. The highest BCUT2D eigenvalue weighted by Crippen LogP contribution is 2.48. The number of nitrogens with one attached hydrogen (secondary N) is 1. The Bertz CT molecular complexity index is 931. The summed E-state index contributed by atoms with van der Waals surface area (Å²) >= 11 is 0. The number of methoxy groups -OCH3 is 1. The van der Waals surface area contributed by atoms with Crippen LogP contribution in [0, 0.1) is 5.41 Å². The largest absolute Gasteiger partial charge is 0.383 e. The van der Waals surface area contributed by atoms with Crippen molar-refractivity contribution in [2.45, 2.75) is 58.2 Å². The zero-order chi connectivity index (χ0) is 20.0. The quantitative estimate of drug-likeness (QED) is 0.843. The number of rotatable bonds is 5. The Kier molecular flexibility index (Phi) is 4.57. The maximum absolute atomic E-state index is 12.1. The van der Waals surface area contributed by atoms with Gasteiger partial charge in [-0.15, -0.1) is 10.2 Å². The third-order valence-corrected chi connectivity index (χ3v) is 6.99. The number of fused-ring (bicyclic) bond motifs is 1. The van der Waals surface area contributed by atoms with Crippen LogP contribution in [0.1, 0.15) is 54.9 Å². The average Bonchev–Trinajstić information content (AvgIpc) is 3.48. The molecule has 0 radical (unpaired) electrons. The summed E-state index contributed by atoms with van der Waals surface area (Å²) in [6, 6.07) is 6.46. The number of nitrogens with zero attached hydrogens (tertiary/aromatic N) is 4. The molecule has 0 bridgehead atoms. The molecular weight excluding hydrogens is 366 g/mol. The SMILES string of the molecule is COCCn1c(-c2ccc3c(c2)C(=O)NC3)nnc1N1CC2(CCCC2)CC1C. The van der Waals surface area contributed by atoms with Crippen molar-refractivity contribution in [1.29, 1.82) is 0 Å². The van der Waals surface area contributed by atoms with E-state index in [9.17, 15) is 4.79 Å². The number of hydrogen-bond acceptors (Lipinski definition) is 5. The van der Waals surface area contributed by atoms with Crippen LogP contribution in [-0.2, 0) is 17.8 Å². The molecule has 7 nitrogen and oxygen atoms in total. The van der Waals surface area contributed by atoms with E-state index in [4.69, 9.17) is 4.74 Å². The zero-order valence-corrected chi connectivity index (χ0v) is 17.3. The van der Waals surface area contributed by atoms with E-state index in [0.717, 1.165) is 35.0 Å². The Labute approximate surface area is 171 Å². The number of amides is 1. The van der Waals surface area contributed by atoms with Crippen molar-refractivity contribution < 1.29 is 9.53 Å². The molecule has 3 aliphatic rings. The smallest absolute Gasteiger partial charge is 0.251 e. The average molecular weight is 396 g/mol. The Morgan fingerprint density at radius 1 is 1.28 bits per heavy atom.